The fourth-order valence-corrected chi connectivity index (χ4v) is 4.47. The third-order valence-corrected chi connectivity index (χ3v) is 6.37. The zero-order chi connectivity index (χ0) is 21.8. The minimum absolute atomic E-state index is 0.0537. The molecule has 1 aromatic heterocycles. The van der Waals surface area contributed by atoms with Crippen molar-refractivity contribution in [3.05, 3.63) is 86.6 Å². The summed E-state index contributed by atoms with van der Waals surface area (Å²) >= 11 is 1.45. The van der Waals surface area contributed by atoms with Gasteiger partial charge >= 0.3 is 0 Å². The Morgan fingerprint density at radius 1 is 1.06 bits per heavy atom. The number of carbonyl (C=O) groups excluding carboxylic acids is 1. The van der Waals surface area contributed by atoms with E-state index in [1.54, 1.807) is 12.1 Å². The number of piperazine rings is 1. The number of anilines is 2. The zero-order valence-corrected chi connectivity index (χ0v) is 18.0. The predicted octanol–water partition coefficient (Wildman–Crippen LogP) is 4.79. The first-order chi connectivity index (χ1) is 15.0. The van der Waals surface area contributed by atoms with Crippen LogP contribution in [0.1, 0.15) is 28.2 Å². The molecule has 8 heteroatoms. The van der Waals surface area contributed by atoms with E-state index in [0.717, 1.165) is 16.1 Å². The summed E-state index contributed by atoms with van der Waals surface area (Å²) in [7, 11) is 0. The largest absolute Gasteiger partial charge is 0.373 e. The van der Waals surface area contributed by atoms with Gasteiger partial charge in [-0.3, -0.25) is 14.9 Å². The van der Waals surface area contributed by atoms with Gasteiger partial charge in [0.15, 0.2) is 0 Å². The Bertz CT molecular complexity index is 1050. The molecule has 160 valence electrons. The van der Waals surface area contributed by atoms with Crippen LogP contribution in [0.4, 0.5) is 17.1 Å². The Balaban J connectivity index is 1.48. The van der Waals surface area contributed by atoms with Gasteiger partial charge in [-0.1, -0.05) is 36.4 Å². The molecule has 31 heavy (non-hydrogen) atoms. The highest BCUT2D eigenvalue weighted by Crippen LogP contribution is 2.33. The topological polar surface area (TPSA) is 78.7 Å². The predicted molar refractivity (Wildman–Crippen MR) is 124 cm³/mol. The van der Waals surface area contributed by atoms with Crippen LogP contribution >= 0.6 is 11.3 Å². The maximum absolute atomic E-state index is 12.6. The molecule has 2 heterocycles. The van der Waals surface area contributed by atoms with Gasteiger partial charge in [-0.25, -0.2) is 0 Å². The van der Waals surface area contributed by atoms with Gasteiger partial charge in [0.1, 0.15) is 5.69 Å². The van der Waals surface area contributed by atoms with E-state index >= 15 is 0 Å². The molecule has 1 atom stereocenters. The zero-order valence-electron chi connectivity index (χ0n) is 17.2. The number of carbonyl (C=O) groups is 1. The highest BCUT2D eigenvalue weighted by Gasteiger charge is 2.24. The number of benzene rings is 2. The minimum atomic E-state index is -0.360. The molecule has 1 unspecified atom stereocenters. The summed E-state index contributed by atoms with van der Waals surface area (Å²) in [6.45, 7) is 4.60. The van der Waals surface area contributed by atoms with Crippen LogP contribution in [0.5, 0.6) is 0 Å². The smallest absolute Gasteiger partial charge is 0.292 e. The summed E-state index contributed by atoms with van der Waals surface area (Å²) in [5, 5.41) is 16.8. The summed E-state index contributed by atoms with van der Waals surface area (Å²) < 4.78 is 0. The van der Waals surface area contributed by atoms with Gasteiger partial charge in [0.25, 0.3) is 11.6 Å². The molecule has 1 amide bonds. The van der Waals surface area contributed by atoms with Crippen molar-refractivity contribution in [1.29, 1.82) is 0 Å². The van der Waals surface area contributed by atoms with Gasteiger partial charge in [-0.05, 0) is 36.1 Å². The van der Waals surface area contributed by atoms with Crippen LogP contribution in [-0.4, -0.2) is 41.9 Å². The molecule has 0 saturated carbocycles. The van der Waals surface area contributed by atoms with E-state index in [9.17, 15) is 14.9 Å². The van der Waals surface area contributed by atoms with Crippen molar-refractivity contribution in [2.75, 3.05) is 36.4 Å². The van der Waals surface area contributed by atoms with Crippen molar-refractivity contribution in [3.8, 4) is 0 Å². The second-order valence-corrected chi connectivity index (χ2v) is 8.44. The van der Waals surface area contributed by atoms with Gasteiger partial charge < -0.3 is 15.1 Å². The lowest BCUT2D eigenvalue weighted by Crippen LogP contribution is -2.48. The molecule has 7 nitrogen and oxygen atoms in total. The van der Waals surface area contributed by atoms with Crippen LogP contribution in [-0.2, 0) is 0 Å². The summed E-state index contributed by atoms with van der Waals surface area (Å²) in [5.74, 6) is 0.0670. The summed E-state index contributed by atoms with van der Waals surface area (Å²) in [6.07, 6.45) is 0. The third kappa shape index (κ3) is 4.69. The molecule has 1 aliphatic heterocycles. The minimum Gasteiger partial charge on any atom is -0.373 e. The first kappa shape index (κ1) is 20.9. The fourth-order valence-electron chi connectivity index (χ4n) is 3.78. The molecule has 1 N–H and O–H groups in total. The molecule has 0 bridgehead atoms. The molecule has 2 aromatic carbocycles. The summed E-state index contributed by atoms with van der Waals surface area (Å²) in [6, 6.07) is 18.7. The lowest BCUT2D eigenvalue weighted by atomic mass is 10.1. The van der Waals surface area contributed by atoms with Crippen LogP contribution in [0, 0.1) is 10.1 Å². The molecule has 1 aliphatic rings. The van der Waals surface area contributed by atoms with Crippen molar-refractivity contribution < 1.29 is 9.72 Å². The van der Waals surface area contributed by atoms with E-state index in [1.807, 2.05) is 65.7 Å². The van der Waals surface area contributed by atoms with Crippen molar-refractivity contribution >= 4 is 34.3 Å². The van der Waals surface area contributed by atoms with Crippen LogP contribution < -0.4 is 10.2 Å². The summed E-state index contributed by atoms with van der Waals surface area (Å²) in [4.78, 5) is 28.6. The molecular formula is C23H24N4O3S. The lowest BCUT2D eigenvalue weighted by Gasteiger charge is -2.36. The average molecular weight is 437 g/mol. The van der Waals surface area contributed by atoms with Crippen LogP contribution in [0.15, 0.2) is 66.0 Å². The molecule has 0 radical (unpaired) electrons. The molecule has 1 saturated heterocycles. The number of hydrogen-bond acceptors (Lipinski definition) is 6. The Hall–Kier alpha value is -3.39. The first-order valence-electron chi connectivity index (χ1n) is 10.2. The van der Waals surface area contributed by atoms with Crippen molar-refractivity contribution in [1.82, 2.24) is 4.90 Å². The van der Waals surface area contributed by atoms with Gasteiger partial charge in [0.2, 0.25) is 0 Å². The monoisotopic (exact) mass is 436 g/mol. The number of hydrogen-bond donors (Lipinski definition) is 1. The number of nitro groups is 1. The fraction of sp³-hybridized carbons (Fsp3) is 0.261. The number of nitrogens with zero attached hydrogens (tertiary/aromatic N) is 3. The van der Waals surface area contributed by atoms with Crippen LogP contribution in [0.3, 0.4) is 0 Å². The number of nitrogens with one attached hydrogen (secondary N) is 1. The normalized spacial score (nSPS) is 14.9. The molecule has 1 fully saturated rings. The number of amides is 1. The molecule has 0 spiro atoms. The highest BCUT2D eigenvalue weighted by atomic mass is 32.1. The lowest BCUT2D eigenvalue weighted by molar-refractivity contribution is -0.384. The second kappa shape index (κ2) is 9.18. The second-order valence-electron chi connectivity index (χ2n) is 7.49. The van der Waals surface area contributed by atoms with E-state index in [1.165, 1.54) is 11.3 Å². The van der Waals surface area contributed by atoms with E-state index < -0.39 is 0 Å². The third-order valence-electron chi connectivity index (χ3n) is 5.51. The maximum atomic E-state index is 12.6. The van der Waals surface area contributed by atoms with Crippen molar-refractivity contribution in [2.45, 2.75) is 13.0 Å². The van der Waals surface area contributed by atoms with Gasteiger partial charge in [0, 0.05) is 44.0 Å². The van der Waals surface area contributed by atoms with Gasteiger partial charge in [-0.2, -0.15) is 0 Å². The van der Waals surface area contributed by atoms with E-state index in [2.05, 4.69) is 10.2 Å². The van der Waals surface area contributed by atoms with Gasteiger partial charge in [-0.15, -0.1) is 11.3 Å². The van der Waals surface area contributed by atoms with E-state index in [0.29, 0.717) is 31.9 Å². The Morgan fingerprint density at radius 3 is 2.45 bits per heavy atom. The highest BCUT2D eigenvalue weighted by molar-refractivity contribution is 7.12. The maximum Gasteiger partial charge on any atom is 0.292 e. The van der Waals surface area contributed by atoms with Crippen LogP contribution in [0.2, 0.25) is 0 Å². The molecular weight excluding hydrogens is 412 g/mol. The molecule has 3 aromatic rings. The Labute approximate surface area is 185 Å². The van der Waals surface area contributed by atoms with Crippen molar-refractivity contribution in [3.63, 3.8) is 0 Å². The standard InChI is InChI=1S/C23H24N4O3S/c1-17(18-6-3-2-4-7-18)24-20-16-19(9-10-21(20)27(29)30)25-11-13-26(14-12-25)23(28)22-8-5-15-31-22/h2-10,15-17,24H,11-14H2,1H3. The van der Waals surface area contributed by atoms with Crippen LogP contribution in [0.25, 0.3) is 0 Å². The van der Waals surface area contributed by atoms with E-state index in [-0.39, 0.29) is 22.6 Å². The SMILES string of the molecule is CC(Nc1cc(N2CCN(C(=O)c3cccs3)CC2)ccc1[N+](=O)[O-])c1ccccc1. The average Bonchev–Trinajstić information content (AvgIpc) is 3.34. The quantitative estimate of drug-likeness (QED) is 0.444. The number of rotatable bonds is 6. The molecule has 0 aliphatic carbocycles. The number of nitro benzene ring substituents is 1. The Morgan fingerprint density at radius 2 is 1.81 bits per heavy atom. The first-order valence-corrected chi connectivity index (χ1v) is 11.1. The molecule has 4 rings (SSSR count). The van der Waals surface area contributed by atoms with Crippen molar-refractivity contribution in [2.24, 2.45) is 0 Å². The Kier molecular flexibility index (Phi) is 6.18. The summed E-state index contributed by atoms with van der Waals surface area (Å²) in [5.41, 5.74) is 2.52. The van der Waals surface area contributed by atoms with Gasteiger partial charge in [0.05, 0.1) is 9.80 Å². The van der Waals surface area contributed by atoms with E-state index in [4.69, 9.17) is 0 Å². The number of thiophene rings is 1.